The summed E-state index contributed by atoms with van der Waals surface area (Å²) in [4.78, 5) is 0. The summed E-state index contributed by atoms with van der Waals surface area (Å²) >= 11 is 0. The van der Waals surface area contributed by atoms with E-state index in [1.165, 1.54) is 109 Å². The highest BCUT2D eigenvalue weighted by Gasteiger charge is 2.35. The second-order valence-corrected chi connectivity index (χ2v) is 16.8. The Morgan fingerprint density at radius 2 is 0.975 bits per heavy atom. The lowest BCUT2D eigenvalue weighted by Gasteiger charge is -2.35. The molecule has 3 aromatic carbocycles. The van der Waals surface area contributed by atoms with Gasteiger partial charge in [-0.05, 0) is 47.2 Å². The normalized spacial score (nSPS) is 12.3. The van der Waals surface area contributed by atoms with Crippen molar-refractivity contribution >= 4 is 20.2 Å². The van der Waals surface area contributed by atoms with Gasteiger partial charge < -0.3 is 0 Å². The Labute approximate surface area is 247 Å². The fourth-order valence-corrected chi connectivity index (χ4v) is 12.2. The Balaban J connectivity index is 1.87. The summed E-state index contributed by atoms with van der Waals surface area (Å²) in [5.74, 6) is 0.761. The van der Waals surface area contributed by atoms with E-state index in [2.05, 4.69) is 107 Å². The quantitative estimate of drug-likeness (QED) is 0.103. The van der Waals surface area contributed by atoms with Crippen LogP contribution in [0.4, 0.5) is 0 Å². The molecule has 1 unspecified atom stereocenters. The van der Waals surface area contributed by atoms with Gasteiger partial charge in [0, 0.05) is 0 Å². The maximum atomic E-state index is 3.97. The molecule has 0 aromatic heterocycles. The van der Waals surface area contributed by atoms with Gasteiger partial charge in [0.2, 0.25) is 0 Å². The van der Waals surface area contributed by atoms with Gasteiger partial charge >= 0.3 is 0 Å². The van der Waals surface area contributed by atoms with Crippen molar-refractivity contribution in [1.82, 2.24) is 0 Å². The molecule has 3 aromatic rings. The van der Waals surface area contributed by atoms with Crippen LogP contribution in [0, 0.1) is 5.92 Å². The molecule has 0 amide bonds. The van der Waals surface area contributed by atoms with E-state index in [0.29, 0.717) is 0 Å². The minimum Gasteiger partial charge on any atom is -0.0985 e. The van der Waals surface area contributed by atoms with Crippen LogP contribution < -0.4 is 0 Å². The third-order valence-electron chi connectivity index (χ3n) is 8.68. The first-order valence-electron chi connectivity index (χ1n) is 16.0. The van der Waals surface area contributed by atoms with E-state index in [4.69, 9.17) is 0 Å². The highest BCUT2D eigenvalue weighted by atomic mass is 28.3. The molecule has 1 atom stereocenters. The Hall–Kier alpha value is -2.64. The predicted octanol–water partition coefficient (Wildman–Crippen LogP) is 11.4. The topological polar surface area (TPSA) is 0 Å². The van der Waals surface area contributed by atoms with E-state index in [0.717, 1.165) is 12.3 Å². The number of hydrogen-bond donors (Lipinski definition) is 0. The lowest BCUT2D eigenvalue weighted by Crippen LogP contribution is -2.45. The first kappa shape index (κ1) is 31.9. The van der Waals surface area contributed by atoms with Crippen molar-refractivity contribution in [2.24, 2.45) is 5.92 Å². The Morgan fingerprint density at radius 1 is 0.575 bits per heavy atom. The monoisotopic (exact) mass is 550 g/mol. The molecule has 0 fully saturated rings. The molecule has 0 spiro atoms. The largest absolute Gasteiger partial charge is 0.0985 e. The average molecular weight is 551 g/mol. The van der Waals surface area contributed by atoms with Crippen molar-refractivity contribution < 1.29 is 0 Å². The van der Waals surface area contributed by atoms with E-state index in [1.807, 2.05) is 12.2 Å². The molecule has 0 aliphatic carbocycles. The molecular formula is C39H54Si. The van der Waals surface area contributed by atoms with Crippen molar-refractivity contribution in [1.29, 1.82) is 0 Å². The van der Waals surface area contributed by atoms with Gasteiger partial charge in [-0.25, -0.2) is 0 Å². The van der Waals surface area contributed by atoms with Gasteiger partial charge in [-0.1, -0.05) is 193 Å². The standard InChI is InChI=1S/C39H54Si/c1-6-10-11-12-13-14-15-16-33(5)29-40(30-37-23-17-34(7-2)18-24-37,31-38-25-19-35(8-3)20-26-38)32-39-27-21-36(9-4)22-28-39/h7-8,17-28,33H,2-3,6,9-16,29-32H2,1,4-5H3. The molecule has 0 bridgehead atoms. The summed E-state index contributed by atoms with van der Waals surface area (Å²) in [5, 5.41) is 0. The SMILES string of the molecule is C=Cc1ccc(C[Si](Cc2ccc(C=C)cc2)(Cc2ccc(CC)cc2)CC(C)CCCCCCCCC)cc1. The highest BCUT2D eigenvalue weighted by Crippen LogP contribution is 2.32. The zero-order chi connectivity index (χ0) is 28.6. The summed E-state index contributed by atoms with van der Waals surface area (Å²) in [6.45, 7) is 15.0. The number of aryl methyl sites for hydroxylation is 1. The van der Waals surface area contributed by atoms with Crippen molar-refractivity contribution in [2.45, 2.75) is 103 Å². The number of benzene rings is 3. The predicted molar refractivity (Wildman–Crippen MR) is 182 cm³/mol. The van der Waals surface area contributed by atoms with Crippen molar-refractivity contribution in [3.8, 4) is 0 Å². The smallest absolute Gasteiger partial charge is 0.0669 e. The van der Waals surface area contributed by atoms with Crippen LogP contribution >= 0.6 is 0 Å². The van der Waals surface area contributed by atoms with Gasteiger partial charge in [-0.3, -0.25) is 0 Å². The lowest BCUT2D eigenvalue weighted by molar-refractivity contribution is 0.504. The van der Waals surface area contributed by atoms with Crippen LogP contribution in [-0.2, 0) is 24.6 Å². The number of rotatable bonds is 19. The first-order chi connectivity index (χ1) is 19.5. The molecule has 1 heteroatoms. The Morgan fingerprint density at radius 3 is 1.40 bits per heavy atom. The molecule has 0 aliphatic rings. The minimum absolute atomic E-state index is 0.761. The van der Waals surface area contributed by atoms with E-state index < -0.39 is 8.07 Å². The van der Waals surface area contributed by atoms with Gasteiger partial charge in [-0.2, -0.15) is 0 Å². The van der Waals surface area contributed by atoms with Crippen molar-refractivity contribution in [3.63, 3.8) is 0 Å². The second-order valence-electron chi connectivity index (χ2n) is 12.3. The summed E-state index contributed by atoms with van der Waals surface area (Å²) in [7, 11) is -1.80. The molecule has 3 rings (SSSR count). The van der Waals surface area contributed by atoms with Crippen molar-refractivity contribution in [2.75, 3.05) is 0 Å². The molecule has 214 valence electrons. The van der Waals surface area contributed by atoms with Crippen LogP contribution in [0.3, 0.4) is 0 Å². The molecule has 0 radical (unpaired) electrons. The molecular weight excluding hydrogens is 497 g/mol. The fraction of sp³-hybridized carbons (Fsp3) is 0.436. The highest BCUT2D eigenvalue weighted by molar-refractivity contribution is 6.78. The zero-order valence-electron chi connectivity index (χ0n) is 25.8. The van der Waals surface area contributed by atoms with Gasteiger partial charge in [-0.15, -0.1) is 0 Å². The molecule has 0 saturated carbocycles. The van der Waals surface area contributed by atoms with Gasteiger partial charge in [0.15, 0.2) is 0 Å². The minimum atomic E-state index is -1.80. The van der Waals surface area contributed by atoms with E-state index in [-0.39, 0.29) is 0 Å². The Kier molecular flexibility index (Phi) is 13.7. The van der Waals surface area contributed by atoms with Crippen LogP contribution in [0.2, 0.25) is 6.04 Å². The molecule has 0 saturated heterocycles. The third kappa shape index (κ3) is 10.7. The maximum Gasteiger partial charge on any atom is 0.0669 e. The maximum absolute atomic E-state index is 3.97. The fourth-order valence-electron chi connectivity index (χ4n) is 6.43. The first-order valence-corrected chi connectivity index (χ1v) is 18.8. The second kappa shape index (κ2) is 17.2. The average Bonchev–Trinajstić information content (AvgIpc) is 2.98. The molecule has 0 N–H and O–H groups in total. The third-order valence-corrected chi connectivity index (χ3v) is 13.7. The van der Waals surface area contributed by atoms with Crippen LogP contribution in [0.1, 0.15) is 106 Å². The van der Waals surface area contributed by atoms with E-state index in [1.54, 1.807) is 0 Å². The lowest BCUT2D eigenvalue weighted by atomic mass is 10.0. The van der Waals surface area contributed by atoms with Gasteiger partial charge in [0.1, 0.15) is 0 Å². The molecule has 0 aliphatic heterocycles. The summed E-state index contributed by atoms with van der Waals surface area (Å²) in [6.07, 6.45) is 16.1. The summed E-state index contributed by atoms with van der Waals surface area (Å²) in [6, 6.07) is 33.1. The zero-order valence-corrected chi connectivity index (χ0v) is 26.8. The van der Waals surface area contributed by atoms with Crippen LogP contribution in [0.15, 0.2) is 86.0 Å². The molecule has 0 nitrogen and oxygen atoms in total. The van der Waals surface area contributed by atoms with Gasteiger partial charge in [0.05, 0.1) is 8.07 Å². The molecule has 40 heavy (non-hydrogen) atoms. The van der Waals surface area contributed by atoms with E-state index >= 15 is 0 Å². The number of hydrogen-bond acceptors (Lipinski definition) is 0. The number of unbranched alkanes of at least 4 members (excludes halogenated alkanes) is 6. The summed E-state index contributed by atoms with van der Waals surface area (Å²) in [5.41, 5.74) is 8.36. The van der Waals surface area contributed by atoms with Gasteiger partial charge in [0.25, 0.3) is 0 Å². The van der Waals surface area contributed by atoms with E-state index in [9.17, 15) is 0 Å². The van der Waals surface area contributed by atoms with Crippen LogP contribution in [0.25, 0.3) is 12.2 Å². The summed E-state index contributed by atoms with van der Waals surface area (Å²) < 4.78 is 0. The van der Waals surface area contributed by atoms with Crippen LogP contribution in [-0.4, -0.2) is 8.07 Å². The molecule has 0 heterocycles. The van der Waals surface area contributed by atoms with Crippen LogP contribution in [0.5, 0.6) is 0 Å². The van der Waals surface area contributed by atoms with Crippen molar-refractivity contribution in [3.05, 3.63) is 119 Å². The Bertz CT molecular complexity index is 1070.